The molecule has 2 saturated heterocycles. The summed E-state index contributed by atoms with van der Waals surface area (Å²) in [6, 6.07) is 0.541. The molecule has 0 spiro atoms. The van der Waals surface area contributed by atoms with Crippen LogP contribution >= 0.6 is 23.1 Å². The Morgan fingerprint density at radius 2 is 2.00 bits per heavy atom. The van der Waals surface area contributed by atoms with Crippen LogP contribution in [0.3, 0.4) is 0 Å². The minimum Gasteiger partial charge on any atom is -0.382 e. The molecule has 3 N–H and O–H groups in total. The number of carbonyl (C=O) groups excluding carboxylic acids is 2. The molecule has 1 atom stereocenters. The van der Waals surface area contributed by atoms with Gasteiger partial charge in [-0.25, -0.2) is 4.52 Å². The number of thiazole rings is 1. The summed E-state index contributed by atoms with van der Waals surface area (Å²) in [6.45, 7) is 4.62. The number of hydrogen-bond acceptors (Lipinski definition) is 8. The van der Waals surface area contributed by atoms with E-state index in [0.717, 1.165) is 40.2 Å². The topological polar surface area (TPSA) is 109 Å². The summed E-state index contributed by atoms with van der Waals surface area (Å²) in [6.07, 6.45) is 18.1. The monoisotopic (exact) mass is 566 g/mol. The van der Waals surface area contributed by atoms with Crippen molar-refractivity contribution in [2.45, 2.75) is 50.6 Å². The highest BCUT2D eigenvalue weighted by atomic mass is 32.2. The van der Waals surface area contributed by atoms with Crippen LogP contribution < -0.4 is 16.0 Å². The van der Waals surface area contributed by atoms with Crippen LogP contribution in [0.4, 0.5) is 0 Å². The predicted octanol–water partition coefficient (Wildman–Crippen LogP) is 3.06. The van der Waals surface area contributed by atoms with E-state index in [9.17, 15) is 9.59 Å². The van der Waals surface area contributed by atoms with E-state index in [2.05, 4.69) is 31.0 Å². The van der Waals surface area contributed by atoms with E-state index in [1.165, 1.54) is 37.0 Å². The molecule has 2 amide bonds. The van der Waals surface area contributed by atoms with Gasteiger partial charge in [0.15, 0.2) is 0 Å². The summed E-state index contributed by atoms with van der Waals surface area (Å²) in [7, 11) is 0. The number of nitrogens with one attached hydrogen (secondary N) is 3. The van der Waals surface area contributed by atoms with Gasteiger partial charge in [-0.3, -0.25) is 19.2 Å². The number of amides is 2. The fourth-order valence-corrected chi connectivity index (χ4v) is 7.18. The molecule has 3 aliphatic heterocycles. The van der Waals surface area contributed by atoms with Gasteiger partial charge in [0.1, 0.15) is 4.83 Å². The molecule has 3 aromatic heterocycles. The Labute approximate surface area is 235 Å². The molecule has 12 heteroatoms. The lowest BCUT2D eigenvalue weighted by atomic mass is 9.80. The molecule has 0 aromatic carbocycles. The highest BCUT2D eigenvalue weighted by Crippen LogP contribution is 2.34. The van der Waals surface area contributed by atoms with Crippen molar-refractivity contribution >= 4 is 39.7 Å². The molecule has 6 heterocycles. The third-order valence-corrected chi connectivity index (χ3v) is 9.60. The standard InChI is InChI=1S/C27H34N8O2S2/c1-17-23(9-19(10-29-17)25(36)28-7-8-33-13-18-3-5-21(33)6-4-18)32-26(37)22-12-31-35-15-24(39-27(22)35)20-11-30-34(14-20)16-38-2/h9-12,14-15,17-18,21,29H,3-8,13,16H2,1-2H3,(H,28,36)(H,32,37). The highest BCUT2D eigenvalue weighted by Gasteiger charge is 2.33. The molecule has 1 saturated carbocycles. The molecular weight excluding hydrogens is 532 g/mol. The maximum Gasteiger partial charge on any atom is 0.260 e. The third-order valence-electron chi connectivity index (χ3n) is 7.92. The van der Waals surface area contributed by atoms with Crippen molar-refractivity contribution in [1.29, 1.82) is 0 Å². The molecule has 39 heavy (non-hydrogen) atoms. The summed E-state index contributed by atoms with van der Waals surface area (Å²) < 4.78 is 3.61. The maximum absolute atomic E-state index is 13.3. The summed E-state index contributed by atoms with van der Waals surface area (Å²) in [5.41, 5.74) is 2.64. The molecule has 10 nitrogen and oxygen atoms in total. The summed E-state index contributed by atoms with van der Waals surface area (Å²) in [5.74, 6) is 1.22. The minimum absolute atomic E-state index is 0.137. The van der Waals surface area contributed by atoms with Gasteiger partial charge in [0.05, 0.1) is 40.3 Å². The summed E-state index contributed by atoms with van der Waals surface area (Å²) >= 11 is 3.20. The second-order valence-corrected chi connectivity index (χ2v) is 12.4. The zero-order chi connectivity index (χ0) is 26.9. The predicted molar refractivity (Wildman–Crippen MR) is 154 cm³/mol. The lowest BCUT2D eigenvalue weighted by molar-refractivity contribution is -0.117. The molecule has 1 unspecified atom stereocenters. The molecule has 3 fully saturated rings. The Morgan fingerprint density at radius 3 is 2.77 bits per heavy atom. The van der Waals surface area contributed by atoms with Crippen molar-refractivity contribution < 1.29 is 9.59 Å². The van der Waals surface area contributed by atoms with Crippen molar-refractivity contribution in [3.8, 4) is 10.4 Å². The van der Waals surface area contributed by atoms with E-state index in [1.54, 1.807) is 34.8 Å². The molecule has 206 valence electrons. The number of fused-ring (bicyclic) bond motifs is 4. The number of piperidine rings is 2. The second-order valence-electron chi connectivity index (χ2n) is 10.6. The van der Waals surface area contributed by atoms with Crippen LogP contribution in [-0.4, -0.2) is 74.1 Å². The van der Waals surface area contributed by atoms with E-state index in [0.29, 0.717) is 29.4 Å². The number of nitrogens with zero attached hydrogens (tertiary/aromatic N) is 5. The fraction of sp³-hybridized carbons (Fsp3) is 0.481. The SMILES string of the molecule is CSCn1cc(-c2cn3ncc(C(=O)NC4=CC(C(=O)NCCN5CC6CCC5CC6)=CNC4C)c3s2)cn1. The van der Waals surface area contributed by atoms with E-state index in [-0.39, 0.29) is 17.9 Å². The van der Waals surface area contributed by atoms with Gasteiger partial charge in [-0.1, -0.05) is 0 Å². The zero-order valence-corrected chi connectivity index (χ0v) is 23.9. The van der Waals surface area contributed by atoms with Crippen molar-refractivity contribution in [1.82, 2.24) is 40.2 Å². The third kappa shape index (κ3) is 5.50. The highest BCUT2D eigenvalue weighted by molar-refractivity contribution is 7.97. The second kappa shape index (κ2) is 11.2. The Bertz CT molecular complexity index is 1430. The van der Waals surface area contributed by atoms with Crippen LogP contribution in [0.1, 0.15) is 43.0 Å². The van der Waals surface area contributed by atoms with Gasteiger partial charge in [-0.2, -0.15) is 10.2 Å². The van der Waals surface area contributed by atoms with Crippen LogP contribution in [0.5, 0.6) is 0 Å². The number of carbonyl (C=O) groups is 2. The van der Waals surface area contributed by atoms with Gasteiger partial charge in [-0.15, -0.1) is 23.1 Å². The Kier molecular flexibility index (Phi) is 7.50. The number of rotatable bonds is 9. The molecule has 7 rings (SSSR count). The van der Waals surface area contributed by atoms with Crippen molar-refractivity contribution in [2.24, 2.45) is 5.92 Å². The molecule has 2 bridgehead atoms. The normalized spacial score (nSPS) is 22.9. The first kappa shape index (κ1) is 26.1. The first-order chi connectivity index (χ1) is 19.0. The molecule has 1 aliphatic carbocycles. The van der Waals surface area contributed by atoms with Gasteiger partial charge in [0, 0.05) is 55.5 Å². The Balaban J connectivity index is 1.09. The van der Waals surface area contributed by atoms with Crippen molar-refractivity contribution in [3.05, 3.63) is 53.9 Å². The number of aromatic nitrogens is 4. The first-order valence-electron chi connectivity index (χ1n) is 13.5. The van der Waals surface area contributed by atoms with E-state index in [4.69, 9.17) is 0 Å². The lowest BCUT2D eigenvalue weighted by Crippen LogP contribution is -2.50. The van der Waals surface area contributed by atoms with E-state index in [1.807, 2.05) is 36.5 Å². The zero-order valence-electron chi connectivity index (χ0n) is 22.2. The van der Waals surface area contributed by atoms with Crippen LogP contribution in [0, 0.1) is 5.92 Å². The van der Waals surface area contributed by atoms with E-state index >= 15 is 0 Å². The van der Waals surface area contributed by atoms with Gasteiger partial charge in [-0.05, 0) is 50.9 Å². The minimum atomic E-state index is -0.252. The molecule has 4 aliphatic rings. The van der Waals surface area contributed by atoms with Gasteiger partial charge < -0.3 is 16.0 Å². The average molecular weight is 567 g/mol. The lowest BCUT2D eigenvalue weighted by Gasteiger charge is -2.45. The van der Waals surface area contributed by atoms with Crippen molar-refractivity contribution in [2.75, 3.05) is 25.9 Å². The Hall–Kier alpha value is -3.09. The van der Waals surface area contributed by atoms with Gasteiger partial charge in [0.2, 0.25) is 0 Å². The largest absolute Gasteiger partial charge is 0.382 e. The van der Waals surface area contributed by atoms with Gasteiger partial charge >= 0.3 is 0 Å². The van der Waals surface area contributed by atoms with Crippen LogP contribution in [0.15, 0.2) is 48.3 Å². The molecular formula is C27H34N8O2S2. The molecule has 0 radical (unpaired) electrons. The van der Waals surface area contributed by atoms with Crippen LogP contribution in [-0.2, 0) is 10.7 Å². The van der Waals surface area contributed by atoms with Gasteiger partial charge in [0.25, 0.3) is 11.8 Å². The van der Waals surface area contributed by atoms with E-state index < -0.39 is 0 Å². The van der Waals surface area contributed by atoms with Crippen LogP contribution in [0.2, 0.25) is 0 Å². The maximum atomic E-state index is 13.3. The summed E-state index contributed by atoms with van der Waals surface area (Å²) in [5, 5.41) is 18.1. The smallest absolute Gasteiger partial charge is 0.260 e. The van der Waals surface area contributed by atoms with Crippen molar-refractivity contribution in [3.63, 3.8) is 0 Å². The number of dihydropyridines is 1. The average Bonchev–Trinajstić information content (AvgIpc) is 3.67. The fourth-order valence-electron chi connectivity index (χ4n) is 5.74. The summed E-state index contributed by atoms with van der Waals surface area (Å²) in [4.78, 5) is 30.5. The van der Waals surface area contributed by atoms with Crippen LogP contribution in [0.25, 0.3) is 15.3 Å². The first-order valence-corrected chi connectivity index (χ1v) is 15.7. The number of thioether (sulfide) groups is 1. The molecule has 3 aromatic rings. The Morgan fingerprint density at radius 1 is 1.15 bits per heavy atom. The quantitative estimate of drug-likeness (QED) is 0.365. The number of hydrogen-bond donors (Lipinski definition) is 3.